The fraction of sp³-hybridized carbons (Fsp3) is 0.167. The highest BCUT2D eigenvalue weighted by molar-refractivity contribution is 9.10. The highest BCUT2D eigenvalue weighted by atomic mass is 79.9. The molecule has 0 N–H and O–H groups in total. The van der Waals surface area contributed by atoms with Crippen molar-refractivity contribution in [3.05, 3.63) is 40.0 Å². The van der Waals surface area contributed by atoms with Crippen LogP contribution in [0.15, 0.2) is 33.3 Å². The molecule has 0 saturated heterocycles. The lowest BCUT2D eigenvalue weighted by Gasteiger charge is -2.02. The molecule has 0 atom stereocenters. The fourth-order valence-corrected chi connectivity index (χ4v) is 2.01. The molecule has 1 heterocycles. The van der Waals surface area contributed by atoms with Gasteiger partial charge in [-0.1, -0.05) is 33.2 Å². The maximum atomic E-state index is 11.7. The van der Waals surface area contributed by atoms with Crippen molar-refractivity contribution < 1.29 is 14.1 Å². The Kier molecular flexibility index (Phi) is 3.28. The number of carbonyl (C=O) groups excluding carboxylic acids is 1. The van der Waals surface area contributed by atoms with E-state index in [9.17, 15) is 4.79 Å². The lowest BCUT2D eigenvalue weighted by Crippen LogP contribution is -2.03. The first kappa shape index (κ1) is 11.9. The summed E-state index contributed by atoms with van der Waals surface area (Å²) < 4.78 is 10.8. The number of rotatable bonds is 2. The first-order valence-electron chi connectivity index (χ1n) is 4.94. The Labute approximate surface area is 107 Å². The van der Waals surface area contributed by atoms with Crippen molar-refractivity contribution in [3.63, 3.8) is 0 Å². The van der Waals surface area contributed by atoms with Gasteiger partial charge >= 0.3 is 5.97 Å². The molecule has 2 aromatic rings. The number of ether oxygens (including phenoxy) is 1. The largest absolute Gasteiger partial charge is 0.465 e. The van der Waals surface area contributed by atoms with Gasteiger partial charge in [-0.2, -0.15) is 0 Å². The molecule has 0 aliphatic heterocycles. The molecule has 0 fully saturated rings. The van der Waals surface area contributed by atoms with Gasteiger partial charge in [0.1, 0.15) is 5.56 Å². The predicted molar refractivity (Wildman–Crippen MR) is 65.7 cm³/mol. The standard InChI is InChI=1S/C12H10BrNO3/c1-7-10(12(15)16-2)11(17-14-7)8-5-3-4-6-9(8)13/h3-6H,1-2H3. The summed E-state index contributed by atoms with van der Waals surface area (Å²) in [5, 5.41) is 3.81. The summed E-state index contributed by atoms with van der Waals surface area (Å²) in [6.45, 7) is 1.70. The van der Waals surface area contributed by atoms with Gasteiger partial charge in [0.15, 0.2) is 5.76 Å². The molecule has 5 heteroatoms. The minimum absolute atomic E-state index is 0.361. The van der Waals surface area contributed by atoms with Gasteiger partial charge in [0, 0.05) is 10.0 Å². The second kappa shape index (κ2) is 4.71. The number of esters is 1. The van der Waals surface area contributed by atoms with Crippen LogP contribution in [0.4, 0.5) is 0 Å². The summed E-state index contributed by atoms with van der Waals surface area (Å²) in [5.41, 5.74) is 1.65. The number of aryl methyl sites for hydroxylation is 1. The van der Waals surface area contributed by atoms with Crippen LogP contribution >= 0.6 is 15.9 Å². The van der Waals surface area contributed by atoms with Crippen molar-refractivity contribution in [2.24, 2.45) is 0 Å². The summed E-state index contributed by atoms with van der Waals surface area (Å²) in [6, 6.07) is 7.46. The van der Waals surface area contributed by atoms with E-state index in [0.717, 1.165) is 10.0 Å². The molecule has 0 spiro atoms. The Morgan fingerprint density at radius 1 is 1.41 bits per heavy atom. The quantitative estimate of drug-likeness (QED) is 0.799. The van der Waals surface area contributed by atoms with Crippen LogP contribution in [0.3, 0.4) is 0 Å². The van der Waals surface area contributed by atoms with Gasteiger partial charge in [-0.15, -0.1) is 0 Å². The molecule has 88 valence electrons. The minimum atomic E-state index is -0.450. The molecule has 1 aromatic carbocycles. The monoisotopic (exact) mass is 295 g/mol. The van der Waals surface area contributed by atoms with E-state index >= 15 is 0 Å². The van der Waals surface area contributed by atoms with Gasteiger partial charge in [0.05, 0.1) is 12.8 Å². The van der Waals surface area contributed by atoms with Crippen LogP contribution in [-0.4, -0.2) is 18.2 Å². The zero-order chi connectivity index (χ0) is 12.4. The van der Waals surface area contributed by atoms with E-state index in [-0.39, 0.29) is 0 Å². The average molecular weight is 296 g/mol. The normalized spacial score (nSPS) is 10.3. The second-order valence-corrected chi connectivity index (χ2v) is 4.30. The zero-order valence-electron chi connectivity index (χ0n) is 9.36. The first-order chi connectivity index (χ1) is 8.15. The van der Waals surface area contributed by atoms with Crippen molar-refractivity contribution in [2.75, 3.05) is 7.11 Å². The minimum Gasteiger partial charge on any atom is -0.465 e. The second-order valence-electron chi connectivity index (χ2n) is 3.44. The van der Waals surface area contributed by atoms with Crippen LogP contribution in [0.1, 0.15) is 16.1 Å². The maximum Gasteiger partial charge on any atom is 0.343 e. The first-order valence-corrected chi connectivity index (χ1v) is 5.74. The zero-order valence-corrected chi connectivity index (χ0v) is 10.9. The van der Waals surface area contributed by atoms with Crippen LogP contribution in [0.25, 0.3) is 11.3 Å². The lowest BCUT2D eigenvalue weighted by atomic mass is 10.1. The molecule has 17 heavy (non-hydrogen) atoms. The Morgan fingerprint density at radius 2 is 2.12 bits per heavy atom. The van der Waals surface area contributed by atoms with Gasteiger partial charge in [-0.25, -0.2) is 4.79 Å². The van der Waals surface area contributed by atoms with Crippen molar-refractivity contribution in [1.29, 1.82) is 0 Å². The molecule has 0 bridgehead atoms. The van der Waals surface area contributed by atoms with Gasteiger partial charge in [0.2, 0.25) is 0 Å². The van der Waals surface area contributed by atoms with E-state index < -0.39 is 5.97 Å². The number of carbonyl (C=O) groups is 1. The van der Waals surface area contributed by atoms with Gasteiger partial charge in [0.25, 0.3) is 0 Å². The number of hydrogen-bond acceptors (Lipinski definition) is 4. The SMILES string of the molecule is COC(=O)c1c(C)noc1-c1ccccc1Br. The van der Waals surface area contributed by atoms with Crippen LogP contribution in [0.5, 0.6) is 0 Å². The molecule has 0 aliphatic rings. The van der Waals surface area contributed by atoms with Gasteiger partial charge in [-0.3, -0.25) is 0 Å². The third-order valence-corrected chi connectivity index (χ3v) is 3.06. The molecule has 0 radical (unpaired) electrons. The number of benzene rings is 1. The smallest absolute Gasteiger partial charge is 0.343 e. The average Bonchev–Trinajstić information content (AvgIpc) is 2.71. The lowest BCUT2D eigenvalue weighted by molar-refractivity contribution is 0.0600. The Balaban J connectivity index is 2.61. The molecule has 4 nitrogen and oxygen atoms in total. The highest BCUT2D eigenvalue weighted by Crippen LogP contribution is 2.32. The molecule has 0 saturated carbocycles. The fourth-order valence-electron chi connectivity index (χ4n) is 1.54. The number of aromatic nitrogens is 1. The Hall–Kier alpha value is -1.62. The molecular formula is C12H10BrNO3. The molecular weight excluding hydrogens is 286 g/mol. The number of halogens is 1. The van der Waals surface area contributed by atoms with Crippen molar-refractivity contribution >= 4 is 21.9 Å². The third-order valence-electron chi connectivity index (χ3n) is 2.37. The Bertz CT molecular complexity index is 563. The summed E-state index contributed by atoms with van der Waals surface area (Å²) in [6.07, 6.45) is 0. The summed E-state index contributed by atoms with van der Waals surface area (Å²) >= 11 is 3.41. The molecule has 0 unspecified atom stereocenters. The van der Waals surface area contributed by atoms with Crippen LogP contribution in [-0.2, 0) is 4.74 Å². The van der Waals surface area contributed by atoms with Crippen LogP contribution < -0.4 is 0 Å². The summed E-state index contributed by atoms with van der Waals surface area (Å²) in [5.74, 6) is -0.0312. The van der Waals surface area contributed by atoms with Crippen molar-refractivity contribution in [3.8, 4) is 11.3 Å². The Morgan fingerprint density at radius 3 is 2.76 bits per heavy atom. The van der Waals surface area contributed by atoms with Crippen molar-refractivity contribution in [1.82, 2.24) is 5.16 Å². The maximum absolute atomic E-state index is 11.7. The van der Waals surface area contributed by atoms with E-state index in [1.807, 2.05) is 24.3 Å². The van der Waals surface area contributed by atoms with E-state index in [1.165, 1.54) is 7.11 Å². The summed E-state index contributed by atoms with van der Waals surface area (Å²) in [4.78, 5) is 11.7. The van der Waals surface area contributed by atoms with Gasteiger partial charge in [-0.05, 0) is 19.1 Å². The van der Waals surface area contributed by atoms with Crippen LogP contribution in [0.2, 0.25) is 0 Å². The number of methoxy groups -OCH3 is 1. The molecule has 1 aromatic heterocycles. The topological polar surface area (TPSA) is 52.3 Å². The van der Waals surface area contributed by atoms with E-state index in [4.69, 9.17) is 9.26 Å². The third kappa shape index (κ3) is 2.10. The van der Waals surface area contributed by atoms with E-state index in [1.54, 1.807) is 6.92 Å². The van der Waals surface area contributed by atoms with E-state index in [2.05, 4.69) is 21.1 Å². The van der Waals surface area contributed by atoms with Gasteiger partial charge < -0.3 is 9.26 Å². The molecule has 0 amide bonds. The summed E-state index contributed by atoms with van der Waals surface area (Å²) in [7, 11) is 1.33. The number of hydrogen-bond donors (Lipinski definition) is 0. The highest BCUT2D eigenvalue weighted by Gasteiger charge is 2.23. The molecule has 2 rings (SSSR count). The molecule has 0 aliphatic carbocycles. The predicted octanol–water partition coefficient (Wildman–Crippen LogP) is 3.20. The van der Waals surface area contributed by atoms with E-state index in [0.29, 0.717) is 17.0 Å². The number of nitrogens with zero attached hydrogens (tertiary/aromatic N) is 1. The van der Waals surface area contributed by atoms with Crippen LogP contribution in [0, 0.1) is 6.92 Å². The van der Waals surface area contributed by atoms with Crippen molar-refractivity contribution in [2.45, 2.75) is 6.92 Å².